The molecular weight excluding hydrogens is 444 g/mol. The number of rotatable bonds is 7. The summed E-state index contributed by atoms with van der Waals surface area (Å²) in [6.45, 7) is 1.77. The Bertz CT molecular complexity index is 1450. The van der Waals surface area contributed by atoms with Crippen molar-refractivity contribution in [3.05, 3.63) is 72.1 Å². The number of carboxylic acid groups (broad SMARTS) is 1. The maximum Gasteiger partial charge on any atom is 0.319 e. The Morgan fingerprint density at radius 1 is 1.15 bits per heavy atom. The van der Waals surface area contributed by atoms with Gasteiger partial charge in [-0.3, -0.25) is 14.3 Å². The summed E-state index contributed by atoms with van der Waals surface area (Å²) < 4.78 is 25.6. The van der Waals surface area contributed by atoms with Crippen molar-refractivity contribution in [2.24, 2.45) is 7.05 Å². The normalized spacial score (nSPS) is 12.5. The number of fused-ring (bicyclic) bond motifs is 1. The van der Waals surface area contributed by atoms with Crippen LogP contribution in [0, 0.1) is 0 Å². The first kappa shape index (κ1) is 22.3. The summed E-state index contributed by atoms with van der Waals surface area (Å²) >= 11 is 0. The fourth-order valence-electron chi connectivity index (χ4n) is 3.67. The molecule has 0 bridgehead atoms. The van der Waals surface area contributed by atoms with E-state index in [1.165, 1.54) is 16.8 Å². The minimum absolute atomic E-state index is 0.0815. The van der Waals surface area contributed by atoms with Crippen LogP contribution >= 0.6 is 0 Å². The molecule has 3 N–H and O–H groups in total. The molecule has 170 valence electrons. The number of carbonyl (C=O) groups is 2. The minimum Gasteiger partial charge on any atom is -0.480 e. The second-order valence-electron chi connectivity index (χ2n) is 7.70. The van der Waals surface area contributed by atoms with Crippen molar-refractivity contribution in [3.63, 3.8) is 0 Å². The topological polar surface area (TPSA) is 134 Å². The summed E-state index contributed by atoms with van der Waals surface area (Å²) in [6, 6.07) is 14.9. The van der Waals surface area contributed by atoms with Gasteiger partial charge in [0.15, 0.2) is 15.6 Å². The maximum atomic E-state index is 12.9. The van der Waals surface area contributed by atoms with Crippen molar-refractivity contribution in [3.8, 4) is 11.3 Å². The molecule has 10 heteroatoms. The number of hydrogen-bond donors (Lipinski definition) is 3. The molecule has 0 saturated heterocycles. The lowest BCUT2D eigenvalue weighted by atomic mass is 10.1. The third-order valence-electron chi connectivity index (χ3n) is 5.38. The van der Waals surface area contributed by atoms with E-state index in [2.05, 4.69) is 15.4 Å². The predicted octanol–water partition coefficient (Wildman–Crippen LogP) is 2.92. The average molecular weight is 467 g/mol. The average Bonchev–Trinajstić information content (AvgIpc) is 3.39. The number of aromatic nitrogens is 3. The summed E-state index contributed by atoms with van der Waals surface area (Å²) in [6.07, 6.45) is 1.85. The number of sulfone groups is 1. The van der Waals surface area contributed by atoms with E-state index in [0.717, 1.165) is 16.5 Å². The Morgan fingerprint density at radius 2 is 1.88 bits per heavy atom. The largest absolute Gasteiger partial charge is 0.480 e. The summed E-state index contributed by atoms with van der Waals surface area (Å²) in [5, 5.41) is 17.2. The Hall–Kier alpha value is -3.92. The molecule has 4 aromatic rings. The molecule has 4 rings (SSSR count). The van der Waals surface area contributed by atoms with Crippen LogP contribution in [0.25, 0.3) is 22.2 Å². The molecule has 0 spiro atoms. The number of nitrogens with zero attached hydrogens (tertiary/aromatic N) is 2. The van der Waals surface area contributed by atoms with Gasteiger partial charge < -0.3 is 15.4 Å². The van der Waals surface area contributed by atoms with Crippen LogP contribution in [0.4, 0.5) is 0 Å². The molecule has 0 aliphatic carbocycles. The molecule has 9 nitrogen and oxygen atoms in total. The van der Waals surface area contributed by atoms with Crippen molar-refractivity contribution >= 4 is 32.6 Å². The highest BCUT2D eigenvalue weighted by molar-refractivity contribution is 7.92. The first-order chi connectivity index (χ1) is 15.7. The van der Waals surface area contributed by atoms with Gasteiger partial charge in [-0.05, 0) is 36.8 Å². The lowest BCUT2D eigenvalue weighted by Gasteiger charge is -2.15. The second kappa shape index (κ2) is 8.55. The zero-order chi connectivity index (χ0) is 23.8. The third-order valence-corrected chi connectivity index (χ3v) is 6.99. The second-order valence-corrected chi connectivity index (χ2v) is 9.69. The Balaban J connectivity index is 1.52. The van der Waals surface area contributed by atoms with E-state index in [1.54, 1.807) is 32.2 Å². The molecule has 1 unspecified atom stereocenters. The number of aryl methyl sites for hydroxylation is 1. The molecular formula is C23H22N4O5S. The highest BCUT2D eigenvalue weighted by Gasteiger charge is 2.21. The number of aliphatic carboxylic acids is 1. The number of para-hydroxylation sites is 1. The number of nitrogens with one attached hydrogen (secondary N) is 2. The molecule has 1 amide bonds. The van der Waals surface area contributed by atoms with E-state index in [9.17, 15) is 18.0 Å². The molecule has 0 fully saturated rings. The van der Waals surface area contributed by atoms with Crippen molar-refractivity contribution in [2.75, 3.05) is 5.75 Å². The van der Waals surface area contributed by atoms with E-state index >= 15 is 0 Å². The molecule has 0 aliphatic rings. The fraction of sp³-hybridized carbons (Fsp3) is 0.174. The molecule has 0 saturated carbocycles. The van der Waals surface area contributed by atoms with Crippen molar-refractivity contribution in [2.45, 2.75) is 17.9 Å². The Kier molecular flexibility index (Phi) is 5.77. The number of H-pyrrole nitrogens is 1. The van der Waals surface area contributed by atoms with E-state index in [-0.39, 0.29) is 10.8 Å². The van der Waals surface area contributed by atoms with Gasteiger partial charge in [-0.25, -0.2) is 8.42 Å². The van der Waals surface area contributed by atoms with Crippen LogP contribution < -0.4 is 5.32 Å². The standard InChI is InChI=1S/C23H22N4O5S/c1-14(15-6-8-17(9-7-15)33(31,32)13-21(28)29)25-23(30)20-12-19(26-27(20)2)18-5-3-4-16-10-11-24-22(16)18/h3-12,14,24H,13H2,1-2H3,(H,25,30)(H,28,29). The Morgan fingerprint density at radius 3 is 2.58 bits per heavy atom. The molecule has 2 heterocycles. The van der Waals surface area contributed by atoms with E-state index in [4.69, 9.17) is 5.11 Å². The number of benzene rings is 2. The number of amides is 1. The SMILES string of the molecule is CC(NC(=O)c1cc(-c2cccc3cc[nH]c23)nn1C)c1ccc(S(=O)(=O)CC(=O)O)cc1. The monoisotopic (exact) mass is 466 g/mol. The van der Waals surface area contributed by atoms with Crippen molar-refractivity contribution in [1.82, 2.24) is 20.1 Å². The number of carboxylic acids is 1. The lowest BCUT2D eigenvalue weighted by molar-refractivity contribution is -0.134. The smallest absolute Gasteiger partial charge is 0.319 e. The molecule has 2 aromatic heterocycles. The van der Waals surface area contributed by atoms with Crippen LogP contribution in [0.15, 0.2) is 65.7 Å². The van der Waals surface area contributed by atoms with Crippen LogP contribution in [0.1, 0.15) is 29.0 Å². The van der Waals surface area contributed by atoms with E-state index in [1.807, 2.05) is 30.5 Å². The van der Waals surface area contributed by atoms with Gasteiger partial charge in [0.2, 0.25) is 0 Å². The van der Waals surface area contributed by atoms with Gasteiger partial charge in [0.25, 0.3) is 5.91 Å². The first-order valence-corrected chi connectivity index (χ1v) is 11.8. The molecule has 2 aromatic carbocycles. The highest BCUT2D eigenvalue weighted by Crippen LogP contribution is 2.27. The molecule has 33 heavy (non-hydrogen) atoms. The van der Waals surface area contributed by atoms with E-state index in [0.29, 0.717) is 17.0 Å². The van der Waals surface area contributed by atoms with Gasteiger partial charge >= 0.3 is 5.97 Å². The summed E-state index contributed by atoms with van der Waals surface area (Å²) in [5.41, 5.74) is 3.54. The first-order valence-electron chi connectivity index (χ1n) is 10.1. The third kappa shape index (κ3) is 4.51. The van der Waals surface area contributed by atoms with Gasteiger partial charge in [0, 0.05) is 24.2 Å². The van der Waals surface area contributed by atoms with Crippen LogP contribution in [0.3, 0.4) is 0 Å². The van der Waals surface area contributed by atoms with Gasteiger partial charge in [0.1, 0.15) is 5.69 Å². The summed E-state index contributed by atoms with van der Waals surface area (Å²) in [4.78, 5) is 26.8. The summed E-state index contributed by atoms with van der Waals surface area (Å²) in [5.74, 6) is -2.72. The van der Waals surface area contributed by atoms with Gasteiger partial charge in [0.05, 0.1) is 22.1 Å². The quantitative estimate of drug-likeness (QED) is 0.383. The van der Waals surface area contributed by atoms with Crippen LogP contribution in [-0.4, -0.2) is 45.9 Å². The number of carbonyl (C=O) groups excluding carboxylic acids is 1. The molecule has 0 aliphatic heterocycles. The van der Waals surface area contributed by atoms with Crippen LogP contribution in [-0.2, 0) is 21.7 Å². The highest BCUT2D eigenvalue weighted by atomic mass is 32.2. The minimum atomic E-state index is -3.91. The predicted molar refractivity (Wildman–Crippen MR) is 123 cm³/mol. The van der Waals surface area contributed by atoms with Gasteiger partial charge in [-0.1, -0.05) is 30.3 Å². The number of aromatic amines is 1. The lowest BCUT2D eigenvalue weighted by Crippen LogP contribution is -2.28. The zero-order valence-electron chi connectivity index (χ0n) is 17.9. The van der Waals surface area contributed by atoms with E-state index < -0.39 is 27.6 Å². The molecule has 1 atom stereocenters. The maximum absolute atomic E-state index is 12.9. The number of hydrogen-bond acceptors (Lipinski definition) is 5. The fourth-order valence-corrected chi connectivity index (χ4v) is 4.72. The van der Waals surface area contributed by atoms with Crippen LogP contribution in [0.2, 0.25) is 0 Å². The van der Waals surface area contributed by atoms with Crippen molar-refractivity contribution < 1.29 is 23.1 Å². The van der Waals surface area contributed by atoms with Gasteiger partial charge in [-0.2, -0.15) is 5.10 Å². The van der Waals surface area contributed by atoms with Crippen molar-refractivity contribution in [1.29, 1.82) is 0 Å². The van der Waals surface area contributed by atoms with Gasteiger partial charge in [-0.15, -0.1) is 0 Å². The summed E-state index contributed by atoms with van der Waals surface area (Å²) in [7, 11) is -2.22. The molecule has 0 radical (unpaired) electrons. The van der Waals surface area contributed by atoms with Crippen LogP contribution in [0.5, 0.6) is 0 Å². The zero-order valence-corrected chi connectivity index (χ0v) is 18.8. The Labute approximate surface area is 190 Å².